The lowest BCUT2D eigenvalue weighted by atomic mass is 9.89. The van der Waals surface area contributed by atoms with Crippen LogP contribution in [0.4, 0.5) is 21.8 Å². The normalized spacial score (nSPS) is 12.0. The van der Waals surface area contributed by atoms with E-state index in [1.807, 2.05) is 26.1 Å². The van der Waals surface area contributed by atoms with E-state index in [0.717, 1.165) is 22.4 Å². The van der Waals surface area contributed by atoms with E-state index in [9.17, 15) is 4.39 Å². The fourth-order valence-electron chi connectivity index (χ4n) is 3.36. The number of hydrogen-bond acceptors (Lipinski definition) is 6. The molecule has 0 saturated carbocycles. The molecule has 3 N–H and O–H groups in total. The lowest BCUT2D eigenvalue weighted by Crippen LogP contribution is -2.09. The van der Waals surface area contributed by atoms with Crippen LogP contribution in [0, 0.1) is 5.82 Å². The highest BCUT2D eigenvalue weighted by molar-refractivity contribution is 5.75. The third-order valence-corrected chi connectivity index (χ3v) is 4.81. The molecular weight excluding hydrogens is 369 g/mol. The largest absolute Gasteiger partial charge is 0.383 e. The smallest absolute Gasteiger partial charge is 0.150 e. The first kappa shape index (κ1) is 18.5. The van der Waals surface area contributed by atoms with Gasteiger partial charge in [-0.1, -0.05) is 19.1 Å². The quantitative estimate of drug-likeness (QED) is 0.538. The number of hydrogen-bond donors (Lipinski definition) is 2. The minimum absolute atomic E-state index is 0.0985. The van der Waals surface area contributed by atoms with E-state index in [0.29, 0.717) is 17.5 Å². The van der Waals surface area contributed by atoms with Crippen molar-refractivity contribution in [3.8, 4) is 11.3 Å². The van der Waals surface area contributed by atoms with E-state index in [-0.39, 0.29) is 11.7 Å². The highest BCUT2D eigenvalue weighted by Crippen LogP contribution is 2.38. The zero-order valence-corrected chi connectivity index (χ0v) is 16.0. The van der Waals surface area contributed by atoms with E-state index in [2.05, 4.69) is 25.4 Å². The van der Waals surface area contributed by atoms with Gasteiger partial charge >= 0.3 is 0 Å². The van der Waals surface area contributed by atoms with Gasteiger partial charge in [0, 0.05) is 42.7 Å². The van der Waals surface area contributed by atoms with E-state index < -0.39 is 0 Å². The maximum atomic E-state index is 13.4. The van der Waals surface area contributed by atoms with E-state index in [1.54, 1.807) is 41.6 Å². The Balaban J connectivity index is 1.83. The number of nitrogen functional groups attached to an aromatic ring is 1. The summed E-state index contributed by atoms with van der Waals surface area (Å²) in [6.45, 7) is 2.02. The lowest BCUT2D eigenvalue weighted by molar-refractivity contribution is 0.626. The molecule has 0 aliphatic rings. The molecule has 4 aromatic rings. The summed E-state index contributed by atoms with van der Waals surface area (Å²) >= 11 is 0. The second kappa shape index (κ2) is 7.67. The van der Waals surface area contributed by atoms with Gasteiger partial charge in [0.05, 0.1) is 11.9 Å². The van der Waals surface area contributed by atoms with Gasteiger partial charge in [0.15, 0.2) is 0 Å². The fraction of sp³-hybridized carbons (Fsp3) is 0.143. The number of benzene rings is 1. The lowest BCUT2D eigenvalue weighted by Gasteiger charge is -2.20. The molecule has 7 nitrogen and oxygen atoms in total. The number of halogens is 1. The zero-order chi connectivity index (χ0) is 20.4. The van der Waals surface area contributed by atoms with Crippen LogP contribution in [0.2, 0.25) is 0 Å². The Bertz CT molecular complexity index is 1120. The number of anilines is 3. The minimum Gasteiger partial charge on any atom is -0.383 e. The summed E-state index contributed by atoms with van der Waals surface area (Å²) in [7, 11) is 1.87. The molecule has 1 unspecified atom stereocenters. The molecule has 0 spiro atoms. The molecule has 3 aromatic heterocycles. The molecule has 4 rings (SSSR count). The molecule has 0 radical (unpaired) electrons. The highest BCUT2D eigenvalue weighted by Gasteiger charge is 2.21. The first-order valence-electron chi connectivity index (χ1n) is 9.10. The Kier molecular flexibility index (Phi) is 4.90. The zero-order valence-electron chi connectivity index (χ0n) is 16.0. The molecule has 0 amide bonds. The Labute approximate surface area is 167 Å². The van der Waals surface area contributed by atoms with Crippen LogP contribution >= 0.6 is 0 Å². The number of nitrogens with zero attached hydrogens (tertiary/aromatic N) is 5. The van der Waals surface area contributed by atoms with Crippen LogP contribution in [0.5, 0.6) is 0 Å². The molecule has 0 fully saturated rings. The summed E-state index contributed by atoms with van der Waals surface area (Å²) in [6, 6.07) is 10.3. The molecule has 29 heavy (non-hydrogen) atoms. The van der Waals surface area contributed by atoms with Gasteiger partial charge in [-0.3, -0.25) is 9.67 Å². The van der Waals surface area contributed by atoms with E-state index >= 15 is 0 Å². The summed E-state index contributed by atoms with van der Waals surface area (Å²) in [5.74, 6) is 1.12. The Morgan fingerprint density at radius 1 is 1.07 bits per heavy atom. The van der Waals surface area contributed by atoms with Crippen molar-refractivity contribution in [1.82, 2.24) is 24.7 Å². The van der Waals surface area contributed by atoms with E-state index in [4.69, 9.17) is 5.73 Å². The molecule has 8 heteroatoms. The second-order valence-electron chi connectivity index (χ2n) is 6.68. The van der Waals surface area contributed by atoms with Crippen LogP contribution in [0.25, 0.3) is 11.3 Å². The van der Waals surface area contributed by atoms with Crippen LogP contribution in [0.3, 0.4) is 0 Å². The maximum absolute atomic E-state index is 13.4. The molecule has 146 valence electrons. The van der Waals surface area contributed by atoms with Crippen molar-refractivity contribution in [3.05, 3.63) is 78.1 Å². The van der Waals surface area contributed by atoms with Crippen LogP contribution in [0.15, 0.2) is 61.2 Å². The number of aromatic nitrogens is 5. The van der Waals surface area contributed by atoms with Gasteiger partial charge in [0.25, 0.3) is 0 Å². The van der Waals surface area contributed by atoms with Crippen LogP contribution in [-0.4, -0.2) is 24.7 Å². The first-order valence-corrected chi connectivity index (χ1v) is 9.10. The molecule has 0 bridgehead atoms. The van der Waals surface area contributed by atoms with Crippen molar-refractivity contribution in [2.45, 2.75) is 12.8 Å². The van der Waals surface area contributed by atoms with Gasteiger partial charge in [0.1, 0.15) is 23.3 Å². The topological polar surface area (TPSA) is 94.5 Å². The summed E-state index contributed by atoms with van der Waals surface area (Å²) in [6.07, 6.45) is 6.53. The summed E-state index contributed by atoms with van der Waals surface area (Å²) in [4.78, 5) is 12.8. The first-order chi connectivity index (χ1) is 14.0. The number of rotatable bonds is 5. The molecule has 1 atom stereocenters. The SMILES string of the molecule is CC(c1ccc(F)cc1)c1c(-c2ccnn2C)cc(Nc2cnccn2)nc1N. The van der Waals surface area contributed by atoms with Gasteiger partial charge in [0.2, 0.25) is 0 Å². The predicted octanol–water partition coefficient (Wildman–Crippen LogP) is 3.89. The van der Waals surface area contributed by atoms with Crippen LogP contribution in [-0.2, 0) is 7.05 Å². The average molecular weight is 389 g/mol. The third-order valence-electron chi connectivity index (χ3n) is 4.81. The summed E-state index contributed by atoms with van der Waals surface area (Å²) in [5.41, 5.74) is 9.99. The number of pyridine rings is 1. The molecule has 0 saturated heterocycles. The highest BCUT2D eigenvalue weighted by atomic mass is 19.1. The number of nitrogens with one attached hydrogen (secondary N) is 1. The second-order valence-corrected chi connectivity index (χ2v) is 6.68. The van der Waals surface area contributed by atoms with Crippen LogP contribution in [0.1, 0.15) is 24.0 Å². The summed E-state index contributed by atoms with van der Waals surface area (Å²) in [5, 5.41) is 7.42. The Hall–Kier alpha value is -3.81. The van der Waals surface area contributed by atoms with Crippen molar-refractivity contribution in [2.24, 2.45) is 7.05 Å². The fourth-order valence-corrected chi connectivity index (χ4v) is 3.36. The van der Waals surface area contributed by atoms with Crippen molar-refractivity contribution in [3.63, 3.8) is 0 Å². The minimum atomic E-state index is -0.276. The van der Waals surface area contributed by atoms with Crippen molar-refractivity contribution in [1.29, 1.82) is 0 Å². The van der Waals surface area contributed by atoms with Crippen molar-refractivity contribution >= 4 is 17.5 Å². The predicted molar refractivity (Wildman–Crippen MR) is 110 cm³/mol. The molecule has 1 aromatic carbocycles. The Morgan fingerprint density at radius 3 is 2.52 bits per heavy atom. The van der Waals surface area contributed by atoms with Crippen molar-refractivity contribution < 1.29 is 4.39 Å². The summed E-state index contributed by atoms with van der Waals surface area (Å²) < 4.78 is 15.2. The van der Waals surface area contributed by atoms with Gasteiger partial charge < -0.3 is 11.1 Å². The van der Waals surface area contributed by atoms with Gasteiger partial charge in [-0.15, -0.1) is 0 Å². The van der Waals surface area contributed by atoms with E-state index in [1.165, 1.54) is 12.1 Å². The van der Waals surface area contributed by atoms with Gasteiger partial charge in [-0.25, -0.2) is 14.4 Å². The molecular formula is C21H20FN7. The Morgan fingerprint density at radius 2 is 1.86 bits per heavy atom. The monoisotopic (exact) mass is 389 g/mol. The standard InChI is InChI=1S/C21H20FN7/c1-13(14-3-5-15(22)6-4-14)20-16(17-7-8-26-29(17)2)11-18(28-21(20)23)27-19-12-24-9-10-25-19/h3-13H,1-2H3,(H3,23,25,27,28). The maximum Gasteiger partial charge on any atom is 0.150 e. The number of aryl methyl sites for hydroxylation is 1. The molecule has 3 heterocycles. The van der Waals surface area contributed by atoms with Gasteiger partial charge in [-0.2, -0.15) is 5.10 Å². The molecule has 0 aliphatic carbocycles. The molecule has 0 aliphatic heterocycles. The van der Waals surface area contributed by atoms with Crippen LogP contribution < -0.4 is 11.1 Å². The third kappa shape index (κ3) is 3.77. The van der Waals surface area contributed by atoms with Gasteiger partial charge in [-0.05, 0) is 29.8 Å². The average Bonchev–Trinajstić information content (AvgIpc) is 3.14. The number of nitrogens with two attached hydrogens (primary N) is 1. The van der Waals surface area contributed by atoms with Crippen molar-refractivity contribution in [2.75, 3.05) is 11.1 Å².